The number of nitrogens with zero attached hydrogens (tertiary/aromatic N) is 1. The normalized spacial score (nSPS) is 11.2. The van der Waals surface area contributed by atoms with Gasteiger partial charge in [-0.05, 0) is 38.1 Å². The van der Waals surface area contributed by atoms with Gasteiger partial charge in [-0.2, -0.15) is 0 Å². The summed E-state index contributed by atoms with van der Waals surface area (Å²) < 4.78 is 4.71. The molecule has 5 heteroatoms. The molecule has 0 saturated carbocycles. The fraction of sp³-hybridized carbons (Fsp3) is 0.312. The van der Waals surface area contributed by atoms with Crippen LogP contribution < -0.4 is 5.32 Å². The van der Waals surface area contributed by atoms with Crippen molar-refractivity contribution in [3.63, 3.8) is 0 Å². The van der Waals surface area contributed by atoms with Gasteiger partial charge in [0.25, 0.3) is 5.91 Å². The van der Waals surface area contributed by atoms with Gasteiger partial charge in [0.15, 0.2) is 0 Å². The summed E-state index contributed by atoms with van der Waals surface area (Å²) in [5.41, 5.74) is 0.614. The van der Waals surface area contributed by atoms with Crippen molar-refractivity contribution in [1.82, 2.24) is 10.3 Å². The lowest BCUT2D eigenvalue weighted by atomic mass is 9.93. The average Bonchev–Trinajstić information content (AvgIpc) is 2.51. The molecule has 0 bridgehead atoms. The molecular weight excluding hydrogens is 268 g/mol. The first-order valence-electron chi connectivity index (χ1n) is 6.65. The number of aromatic nitrogens is 1. The molecule has 110 valence electrons. The van der Waals surface area contributed by atoms with Gasteiger partial charge in [0, 0.05) is 23.7 Å². The van der Waals surface area contributed by atoms with E-state index in [4.69, 9.17) is 4.74 Å². The van der Waals surface area contributed by atoms with Gasteiger partial charge in [0.1, 0.15) is 0 Å². The zero-order valence-corrected chi connectivity index (χ0v) is 12.3. The number of rotatable bonds is 4. The van der Waals surface area contributed by atoms with E-state index in [1.807, 2.05) is 12.1 Å². The molecule has 2 aromatic rings. The SMILES string of the molecule is COC(=O)C(C)(C)CNC(=O)c1ccc2ncccc2c1. The van der Waals surface area contributed by atoms with Crippen LogP contribution in [0.4, 0.5) is 0 Å². The zero-order valence-electron chi connectivity index (χ0n) is 12.3. The molecule has 0 aliphatic carbocycles. The van der Waals surface area contributed by atoms with Gasteiger partial charge in [-0.1, -0.05) is 6.07 Å². The second-order valence-corrected chi connectivity index (χ2v) is 5.47. The van der Waals surface area contributed by atoms with Gasteiger partial charge in [-0.3, -0.25) is 14.6 Å². The van der Waals surface area contributed by atoms with Crippen LogP contribution in [0, 0.1) is 5.41 Å². The lowest BCUT2D eigenvalue weighted by Crippen LogP contribution is -2.39. The number of nitrogens with one attached hydrogen (secondary N) is 1. The van der Waals surface area contributed by atoms with Crippen LogP contribution in [0.5, 0.6) is 0 Å². The lowest BCUT2D eigenvalue weighted by Gasteiger charge is -2.21. The molecule has 0 atom stereocenters. The van der Waals surface area contributed by atoms with E-state index in [0.29, 0.717) is 5.56 Å². The summed E-state index contributed by atoms with van der Waals surface area (Å²) in [6, 6.07) is 9.02. The zero-order chi connectivity index (χ0) is 15.5. The third-order valence-electron chi connectivity index (χ3n) is 3.29. The third kappa shape index (κ3) is 3.37. The summed E-state index contributed by atoms with van der Waals surface area (Å²) in [5.74, 6) is -0.580. The second kappa shape index (κ2) is 5.91. The lowest BCUT2D eigenvalue weighted by molar-refractivity contribution is -0.150. The highest BCUT2D eigenvalue weighted by molar-refractivity contribution is 5.98. The van der Waals surface area contributed by atoms with Crippen LogP contribution in [0.1, 0.15) is 24.2 Å². The Kier molecular flexibility index (Phi) is 4.21. The van der Waals surface area contributed by atoms with Crippen molar-refractivity contribution in [2.45, 2.75) is 13.8 Å². The molecule has 0 spiro atoms. The van der Waals surface area contributed by atoms with Crippen molar-refractivity contribution in [3.8, 4) is 0 Å². The van der Waals surface area contributed by atoms with E-state index >= 15 is 0 Å². The number of amides is 1. The molecule has 2 rings (SSSR count). The Morgan fingerprint density at radius 2 is 2.05 bits per heavy atom. The number of methoxy groups -OCH3 is 1. The Morgan fingerprint density at radius 1 is 1.29 bits per heavy atom. The molecule has 1 aromatic heterocycles. The first-order valence-corrected chi connectivity index (χ1v) is 6.65. The quantitative estimate of drug-likeness (QED) is 0.875. The molecule has 1 aromatic carbocycles. The molecule has 0 radical (unpaired) electrons. The van der Waals surface area contributed by atoms with E-state index in [2.05, 4.69) is 10.3 Å². The van der Waals surface area contributed by atoms with Crippen LogP contribution in [0.3, 0.4) is 0 Å². The standard InChI is InChI=1S/C16H18N2O3/c1-16(2,15(20)21-3)10-18-14(19)12-6-7-13-11(9-12)5-4-8-17-13/h4-9H,10H2,1-3H3,(H,18,19). The monoisotopic (exact) mass is 286 g/mol. The minimum absolute atomic E-state index is 0.212. The van der Waals surface area contributed by atoms with Gasteiger partial charge in [0.05, 0.1) is 18.0 Å². The van der Waals surface area contributed by atoms with E-state index in [1.54, 1.807) is 38.2 Å². The van der Waals surface area contributed by atoms with Crippen LogP contribution in [0.25, 0.3) is 10.9 Å². The first-order chi connectivity index (χ1) is 9.94. The molecule has 0 aliphatic rings. The predicted molar refractivity (Wildman–Crippen MR) is 79.9 cm³/mol. The number of esters is 1. The highest BCUT2D eigenvalue weighted by atomic mass is 16.5. The summed E-state index contributed by atoms with van der Waals surface area (Å²) in [6.45, 7) is 3.66. The number of hydrogen-bond donors (Lipinski definition) is 1. The minimum atomic E-state index is -0.761. The Hall–Kier alpha value is -2.43. The summed E-state index contributed by atoms with van der Waals surface area (Å²) in [7, 11) is 1.34. The van der Waals surface area contributed by atoms with Gasteiger partial charge in [0.2, 0.25) is 0 Å². The van der Waals surface area contributed by atoms with E-state index in [9.17, 15) is 9.59 Å². The van der Waals surface area contributed by atoms with Crippen LogP contribution in [0.2, 0.25) is 0 Å². The molecule has 1 amide bonds. The van der Waals surface area contributed by atoms with Crippen molar-refractivity contribution in [2.75, 3.05) is 13.7 Å². The Balaban J connectivity index is 2.10. The highest BCUT2D eigenvalue weighted by Gasteiger charge is 2.29. The fourth-order valence-electron chi connectivity index (χ4n) is 1.97. The van der Waals surface area contributed by atoms with E-state index in [-0.39, 0.29) is 18.4 Å². The van der Waals surface area contributed by atoms with E-state index < -0.39 is 5.41 Å². The first kappa shape index (κ1) is 15.0. The number of pyridine rings is 1. The number of ether oxygens (including phenoxy) is 1. The number of carbonyl (C=O) groups is 2. The van der Waals surface area contributed by atoms with Gasteiger partial charge in [-0.15, -0.1) is 0 Å². The maximum absolute atomic E-state index is 12.2. The largest absolute Gasteiger partial charge is 0.469 e. The van der Waals surface area contributed by atoms with Crippen molar-refractivity contribution >= 4 is 22.8 Å². The van der Waals surface area contributed by atoms with Crippen molar-refractivity contribution in [1.29, 1.82) is 0 Å². The topological polar surface area (TPSA) is 68.3 Å². The molecule has 1 N–H and O–H groups in total. The minimum Gasteiger partial charge on any atom is -0.469 e. The average molecular weight is 286 g/mol. The Bertz CT molecular complexity index is 680. The van der Waals surface area contributed by atoms with Crippen LogP contribution in [-0.2, 0) is 9.53 Å². The Labute approximate surface area is 123 Å². The van der Waals surface area contributed by atoms with Gasteiger partial charge < -0.3 is 10.1 Å². The highest BCUT2D eigenvalue weighted by Crippen LogP contribution is 2.17. The third-order valence-corrected chi connectivity index (χ3v) is 3.29. The van der Waals surface area contributed by atoms with Crippen molar-refractivity contribution < 1.29 is 14.3 Å². The Morgan fingerprint density at radius 3 is 2.76 bits per heavy atom. The van der Waals surface area contributed by atoms with Gasteiger partial charge >= 0.3 is 5.97 Å². The molecule has 5 nitrogen and oxygen atoms in total. The molecule has 1 heterocycles. The molecule has 0 unspecified atom stereocenters. The molecule has 0 aliphatic heterocycles. The summed E-state index contributed by atoms with van der Waals surface area (Å²) in [6.07, 6.45) is 1.71. The number of fused-ring (bicyclic) bond motifs is 1. The van der Waals surface area contributed by atoms with Crippen LogP contribution in [0.15, 0.2) is 36.5 Å². The maximum Gasteiger partial charge on any atom is 0.313 e. The molecule has 21 heavy (non-hydrogen) atoms. The maximum atomic E-state index is 12.2. The van der Waals surface area contributed by atoms with E-state index in [0.717, 1.165) is 10.9 Å². The number of carbonyl (C=O) groups excluding carboxylic acids is 2. The summed E-state index contributed by atoms with van der Waals surface area (Å²) >= 11 is 0. The van der Waals surface area contributed by atoms with Crippen molar-refractivity contribution in [3.05, 3.63) is 42.1 Å². The summed E-state index contributed by atoms with van der Waals surface area (Å²) in [4.78, 5) is 27.9. The predicted octanol–water partition coefficient (Wildman–Crippen LogP) is 2.16. The molecular formula is C16H18N2O3. The molecule has 0 fully saturated rings. The summed E-state index contributed by atoms with van der Waals surface area (Å²) in [5, 5.41) is 3.66. The van der Waals surface area contributed by atoms with Crippen LogP contribution in [-0.4, -0.2) is 30.5 Å². The van der Waals surface area contributed by atoms with E-state index in [1.165, 1.54) is 7.11 Å². The van der Waals surface area contributed by atoms with Gasteiger partial charge in [-0.25, -0.2) is 0 Å². The number of benzene rings is 1. The smallest absolute Gasteiger partial charge is 0.313 e. The number of hydrogen-bond acceptors (Lipinski definition) is 4. The van der Waals surface area contributed by atoms with Crippen molar-refractivity contribution in [2.24, 2.45) is 5.41 Å². The van der Waals surface area contributed by atoms with Crippen LogP contribution >= 0.6 is 0 Å². The molecule has 0 saturated heterocycles. The fourth-order valence-corrected chi connectivity index (χ4v) is 1.97. The second-order valence-electron chi connectivity index (χ2n) is 5.47.